The van der Waals surface area contributed by atoms with Crippen LogP contribution in [0.2, 0.25) is 10.0 Å². The highest BCUT2D eigenvalue weighted by Gasteiger charge is 2.55. The molecule has 8 heteroatoms. The van der Waals surface area contributed by atoms with Crippen LogP contribution in [-0.2, 0) is 16.0 Å². The number of hydrogen-bond donors (Lipinski definition) is 2. The Kier molecular flexibility index (Phi) is 5.96. The van der Waals surface area contributed by atoms with Gasteiger partial charge in [0.15, 0.2) is 0 Å². The standard InChI is InChI=1S/C19H23Cl2N3O3/c1-12-4-2-3-8-19(12)17(26)24(18(27)23-19)11-16(25)22-9-7-13-5-6-14(20)10-15(13)21/h5-6,10,12H,2-4,7-9,11H2,1H3,(H,22,25)(H,23,27). The van der Waals surface area contributed by atoms with Crippen LogP contribution in [0.1, 0.15) is 38.2 Å². The molecule has 1 aliphatic carbocycles. The Morgan fingerprint density at radius 3 is 2.81 bits per heavy atom. The van der Waals surface area contributed by atoms with E-state index in [-0.39, 0.29) is 24.3 Å². The molecule has 1 aromatic rings. The third-order valence-corrected chi connectivity index (χ3v) is 6.12. The van der Waals surface area contributed by atoms with Crippen molar-refractivity contribution in [1.29, 1.82) is 0 Å². The first-order valence-corrected chi connectivity index (χ1v) is 9.94. The molecule has 0 radical (unpaired) electrons. The number of carbonyl (C=O) groups is 3. The molecule has 0 bridgehead atoms. The van der Waals surface area contributed by atoms with Crippen LogP contribution in [0.5, 0.6) is 0 Å². The average Bonchev–Trinajstić information content (AvgIpc) is 2.84. The number of benzene rings is 1. The van der Waals surface area contributed by atoms with Crippen molar-refractivity contribution in [2.75, 3.05) is 13.1 Å². The zero-order valence-electron chi connectivity index (χ0n) is 15.2. The lowest BCUT2D eigenvalue weighted by molar-refractivity contribution is -0.137. The Bertz CT molecular complexity index is 771. The molecule has 2 atom stereocenters. The summed E-state index contributed by atoms with van der Waals surface area (Å²) in [6.07, 6.45) is 4.01. The van der Waals surface area contributed by atoms with Crippen LogP contribution in [0.3, 0.4) is 0 Å². The molecule has 1 saturated heterocycles. The Labute approximate surface area is 168 Å². The number of rotatable bonds is 5. The first-order chi connectivity index (χ1) is 12.8. The fraction of sp³-hybridized carbons (Fsp3) is 0.526. The molecule has 1 heterocycles. The van der Waals surface area contributed by atoms with Crippen molar-refractivity contribution >= 4 is 41.0 Å². The summed E-state index contributed by atoms with van der Waals surface area (Å²) in [5.74, 6) is -0.581. The van der Waals surface area contributed by atoms with Gasteiger partial charge in [0.2, 0.25) is 5.91 Å². The van der Waals surface area contributed by atoms with E-state index in [1.807, 2.05) is 13.0 Å². The molecule has 1 aromatic carbocycles. The summed E-state index contributed by atoms with van der Waals surface area (Å²) in [5, 5.41) is 6.68. The molecule has 146 valence electrons. The molecule has 2 N–H and O–H groups in total. The minimum absolute atomic E-state index is 0.0720. The number of carbonyl (C=O) groups excluding carboxylic acids is 3. The number of amides is 4. The largest absolute Gasteiger partial charge is 0.354 e. The summed E-state index contributed by atoms with van der Waals surface area (Å²) in [4.78, 5) is 38.4. The van der Waals surface area contributed by atoms with E-state index in [4.69, 9.17) is 23.2 Å². The van der Waals surface area contributed by atoms with Gasteiger partial charge in [-0.1, -0.05) is 49.0 Å². The van der Waals surface area contributed by atoms with Gasteiger partial charge in [-0.05, 0) is 42.9 Å². The predicted octanol–water partition coefficient (Wildman–Crippen LogP) is 3.15. The van der Waals surface area contributed by atoms with Crippen LogP contribution >= 0.6 is 23.2 Å². The zero-order chi connectivity index (χ0) is 19.6. The molecule has 6 nitrogen and oxygen atoms in total. The van der Waals surface area contributed by atoms with Crippen molar-refractivity contribution in [3.63, 3.8) is 0 Å². The third-order valence-electron chi connectivity index (χ3n) is 5.53. The topological polar surface area (TPSA) is 78.5 Å². The lowest BCUT2D eigenvalue weighted by Crippen LogP contribution is -2.54. The molecule has 4 amide bonds. The van der Waals surface area contributed by atoms with Crippen molar-refractivity contribution in [2.45, 2.75) is 44.6 Å². The van der Waals surface area contributed by atoms with E-state index in [0.29, 0.717) is 29.4 Å². The summed E-state index contributed by atoms with van der Waals surface area (Å²) in [6, 6.07) is 4.72. The van der Waals surface area contributed by atoms with E-state index in [1.165, 1.54) is 0 Å². The van der Waals surface area contributed by atoms with Crippen molar-refractivity contribution in [2.24, 2.45) is 5.92 Å². The zero-order valence-corrected chi connectivity index (χ0v) is 16.7. The second-order valence-electron chi connectivity index (χ2n) is 7.28. The maximum absolute atomic E-state index is 12.8. The number of urea groups is 1. The van der Waals surface area contributed by atoms with Gasteiger partial charge in [-0.3, -0.25) is 14.5 Å². The third kappa shape index (κ3) is 4.06. The minimum Gasteiger partial charge on any atom is -0.354 e. The lowest BCUT2D eigenvalue weighted by Gasteiger charge is -2.36. The average molecular weight is 412 g/mol. The summed E-state index contributed by atoms with van der Waals surface area (Å²) >= 11 is 12.0. The first-order valence-electron chi connectivity index (χ1n) is 9.18. The minimum atomic E-state index is -0.841. The van der Waals surface area contributed by atoms with Gasteiger partial charge in [-0.25, -0.2) is 4.79 Å². The van der Waals surface area contributed by atoms with Crippen LogP contribution in [0.25, 0.3) is 0 Å². The molecule has 1 saturated carbocycles. The van der Waals surface area contributed by atoms with E-state index in [2.05, 4.69) is 10.6 Å². The summed E-state index contributed by atoms with van der Waals surface area (Å²) in [5.41, 5.74) is 0.0262. The fourth-order valence-electron chi connectivity index (χ4n) is 3.90. The van der Waals surface area contributed by atoms with Gasteiger partial charge in [0.1, 0.15) is 12.1 Å². The van der Waals surface area contributed by atoms with Crippen LogP contribution in [0.4, 0.5) is 4.79 Å². The number of nitrogens with zero attached hydrogens (tertiary/aromatic N) is 1. The van der Waals surface area contributed by atoms with Gasteiger partial charge in [-0.15, -0.1) is 0 Å². The Balaban J connectivity index is 1.54. The summed E-state index contributed by atoms with van der Waals surface area (Å²) in [6.45, 7) is 2.07. The summed E-state index contributed by atoms with van der Waals surface area (Å²) < 4.78 is 0. The molecule has 3 rings (SSSR count). The lowest BCUT2D eigenvalue weighted by atomic mass is 9.73. The Morgan fingerprint density at radius 1 is 1.33 bits per heavy atom. The molecule has 2 unspecified atom stereocenters. The second-order valence-corrected chi connectivity index (χ2v) is 8.12. The highest BCUT2D eigenvalue weighted by molar-refractivity contribution is 6.35. The van der Waals surface area contributed by atoms with Gasteiger partial charge in [0, 0.05) is 16.6 Å². The van der Waals surface area contributed by atoms with E-state index >= 15 is 0 Å². The normalized spacial score (nSPS) is 25.0. The molecule has 1 aliphatic heterocycles. The van der Waals surface area contributed by atoms with Crippen LogP contribution < -0.4 is 10.6 Å². The highest BCUT2D eigenvalue weighted by atomic mass is 35.5. The molecule has 1 spiro atoms. The van der Waals surface area contributed by atoms with E-state index < -0.39 is 11.6 Å². The summed E-state index contributed by atoms with van der Waals surface area (Å²) in [7, 11) is 0. The fourth-order valence-corrected chi connectivity index (χ4v) is 4.40. The van der Waals surface area contributed by atoms with Gasteiger partial charge in [0.25, 0.3) is 5.91 Å². The number of halogens is 2. The van der Waals surface area contributed by atoms with Crippen molar-refractivity contribution in [3.8, 4) is 0 Å². The van der Waals surface area contributed by atoms with Gasteiger partial charge in [-0.2, -0.15) is 0 Å². The van der Waals surface area contributed by atoms with Crippen molar-refractivity contribution < 1.29 is 14.4 Å². The van der Waals surface area contributed by atoms with Crippen LogP contribution in [-0.4, -0.2) is 41.4 Å². The highest BCUT2D eigenvalue weighted by Crippen LogP contribution is 2.38. The van der Waals surface area contributed by atoms with Crippen LogP contribution in [0.15, 0.2) is 18.2 Å². The molecule has 2 aliphatic rings. The Morgan fingerprint density at radius 2 is 2.11 bits per heavy atom. The van der Waals surface area contributed by atoms with Crippen LogP contribution in [0, 0.1) is 5.92 Å². The second kappa shape index (κ2) is 8.07. The molecular weight excluding hydrogens is 389 g/mol. The number of imide groups is 1. The molecule has 0 aromatic heterocycles. The Hall–Kier alpha value is -1.79. The number of hydrogen-bond acceptors (Lipinski definition) is 3. The number of nitrogens with one attached hydrogen (secondary N) is 2. The SMILES string of the molecule is CC1CCCCC12NC(=O)N(CC(=O)NCCc1ccc(Cl)cc1Cl)C2=O. The predicted molar refractivity (Wildman–Crippen MR) is 104 cm³/mol. The van der Waals surface area contributed by atoms with E-state index in [1.54, 1.807) is 12.1 Å². The monoisotopic (exact) mass is 411 g/mol. The van der Waals surface area contributed by atoms with E-state index in [9.17, 15) is 14.4 Å². The van der Waals surface area contributed by atoms with Gasteiger partial charge in [0.05, 0.1) is 0 Å². The first kappa shape index (κ1) is 20.0. The van der Waals surface area contributed by atoms with E-state index in [0.717, 1.165) is 29.7 Å². The maximum Gasteiger partial charge on any atom is 0.325 e. The maximum atomic E-state index is 12.8. The smallest absolute Gasteiger partial charge is 0.325 e. The molecule has 27 heavy (non-hydrogen) atoms. The molecular formula is C19H23Cl2N3O3. The van der Waals surface area contributed by atoms with Crippen molar-refractivity contribution in [1.82, 2.24) is 15.5 Å². The van der Waals surface area contributed by atoms with Gasteiger partial charge < -0.3 is 10.6 Å². The molecule has 2 fully saturated rings. The van der Waals surface area contributed by atoms with Crippen molar-refractivity contribution in [3.05, 3.63) is 33.8 Å². The van der Waals surface area contributed by atoms with Gasteiger partial charge >= 0.3 is 6.03 Å². The quantitative estimate of drug-likeness (QED) is 0.730.